The summed E-state index contributed by atoms with van der Waals surface area (Å²) >= 11 is 6.00. The first kappa shape index (κ1) is 20.4. The second-order valence-electron chi connectivity index (χ2n) is 7.01. The first-order valence-corrected chi connectivity index (χ1v) is 9.98. The van der Waals surface area contributed by atoms with Gasteiger partial charge in [0.25, 0.3) is 5.91 Å². The summed E-state index contributed by atoms with van der Waals surface area (Å²) in [5, 5.41) is 0.549. The van der Waals surface area contributed by atoms with Crippen LogP contribution in [0.2, 0.25) is 5.02 Å². The van der Waals surface area contributed by atoms with Gasteiger partial charge in [-0.3, -0.25) is 14.5 Å². The maximum absolute atomic E-state index is 13.3. The van der Waals surface area contributed by atoms with Crippen LogP contribution < -0.4 is 0 Å². The number of likely N-dealkylation sites (N-methyl/N-ethyl adjacent to an activating group) is 1. The van der Waals surface area contributed by atoms with Gasteiger partial charge in [0.2, 0.25) is 5.91 Å². The predicted molar refractivity (Wildman–Crippen MR) is 111 cm³/mol. The summed E-state index contributed by atoms with van der Waals surface area (Å²) in [6, 6.07) is 16.5. The van der Waals surface area contributed by atoms with E-state index in [1.54, 1.807) is 29.2 Å². The van der Waals surface area contributed by atoms with Crippen molar-refractivity contribution in [3.8, 4) is 0 Å². The average molecular weight is 400 g/mol. The normalized spacial score (nSPS) is 15.6. The maximum atomic E-state index is 13.3. The molecule has 3 rings (SSSR count). The quantitative estimate of drug-likeness (QED) is 0.774. The number of benzene rings is 2. The van der Waals surface area contributed by atoms with Crippen molar-refractivity contribution in [1.82, 2.24) is 14.7 Å². The summed E-state index contributed by atoms with van der Waals surface area (Å²) in [5.41, 5.74) is 1.58. The fraction of sp³-hybridized carbons (Fsp3) is 0.364. The number of carbonyl (C=O) groups excluding carboxylic acids is 2. The summed E-state index contributed by atoms with van der Waals surface area (Å²) < 4.78 is 0. The topological polar surface area (TPSA) is 43.9 Å². The number of hydrogen-bond donors (Lipinski definition) is 0. The molecule has 1 heterocycles. The van der Waals surface area contributed by atoms with Crippen LogP contribution in [0.4, 0.5) is 0 Å². The molecule has 2 amide bonds. The highest BCUT2D eigenvalue weighted by Crippen LogP contribution is 2.23. The minimum absolute atomic E-state index is 0.0418. The van der Waals surface area contributed by atoms with Gasteiger partial charge in [0.05, 0.1) is 0 Å². The van der Waals surface area contributed by atoms with E-state index >= 15 is 0 Å². The fourth-order valence-electron chi connectivity index (χ4n) is 3.51. The summed E-state index contributed by atoms with van der Waals surface area (Å²) in [7, 11) is 1.97. The van der Waals surface area contributed by atoms with Crippen LogP contribution in [0.1, 0.15) is 28.9 Å². The van der Waals surface area contributed by atoms with Gasteiger partial charge < -0.3 is 9.80 Å². The minimum Gasteiger partial charge on any atom is -0.337 e. The fourth-order valence-corrected chi connectivity index (χ4v) is 3.70. The maximum Gasteiger partial charge on any atom is 0.254 e. The monoisotopic (exact) mass is 399 g/mol. The predicted octanol–water partition coefficient (Wildman–Crippen LogP) is 3.32. The molecule has 2 aromatic rings. The standard InChI is InChI=1S/C22H26ClN3O2/c1-3-24(2)20(17-8-5-4-6-9-17)22(28)26-14-12-25(13-15-26)21(27)18-10-7-11-19(23)16-18/h4-11,16,20H,3,12-15H2,1-2H3. The molecule has 0 aromatic heterocycles. The molecule has 1 aliphatic heterocycles. The van der Waals surface area contributed by atoms with Crippen molar-refractivity contribution < 1.29 is 9.59 Å². The highest BCUT2D eigenvalue weighted by molar-refractivity contribution is 6.30. The number of halogens is 1. The Bertz CT molecular complexity index is 820. The molecule has 1 aliphatic rings. The van der Waals surface area contributed by atoms with E-state index in [1.807, 2.05) is 49.2 Å². The third kappa shape index (κ3) is 4.54. The Hall–Kier alpha value is -2.37. The van der Waals surface area contributed by atoms with Crippen molar-refractivity contribution in [3.63, 3.8) is 0 Å². The Morgan fingerprint density at radius 3 is 2.25 bits per heavy atom. The van der Waals surface area contributed by atoms with E-state index in [4.69, 9.17) is 11.6 Å². The Morgan fingerprint density at radius 1 is 1.00 bits per heavy atom. The molecule has 28 heavy (non-hydrogen) atoms. The highest BCUT2D eigenvalue weighted by atomic mass is 35.5. The lowest BCUT2D eigenvalue weighted by molar-refractivity contribution is -0.138. The smallest absolute Gasteiger partial charge is 0.254 e. The van der Waals surface area contributed by atoms with Gasteiger partial charge in [0, 0.05) is 36.8 Å². The second kappa shape index (κ2) is 9.22. The van der Waals surface area contributed by atoms with Gasteiger partial charge >= 0.3 is 0 Å². The Kier molecular flexibility index (Phi) is 6.70. The van der Waals surface area contributed by atoms with Crippen molar-refractivity contribution in [2.24, 2.45) is 0 Å². The van der Waals surface area contributed by atoms with E-state index in [0.29, 0.717) is 36.8 Å². The summed E-state index contributed by atoms with van der Waals surface area (Å²) in [5.74, 6) is 0.0466. The Balaban J connectivity index is 1.67. The lowest BCUT2D eigenvalue weighted by Gasteiger charge is -2.38. The van der Waals surface area contributed by atoms with E-state index in [2.05, 4.69) is 4.90 Å². The van der Waals surface area contributed by atoms with Crippen LogP contribution in [0.3, 0.4) is 0 Å². The molecule has 1 fully saturated rings. The molecule has 6 heteroatoms. The van der Waals surface area contributed by atoms with Crippen molar-refractivity contribution in [3.05, 3.63) is 70.7 Å². The molecule has 0 radical (unpaired) electrons. The van der Waals surface area contributed by atoms with Crippen LogP contribution in [0.15, 0.2) is 54.6 Å². The van der Waals surface area contributed by atoms with Crippen LogP contribution in [-0.4, -0.2) is 66.3 Å². The van der Waals surface area contributed by atoms with Gasteiger partial charge in [-0.2, -0.15) is 0 Å². The van der Waals surface area contributed by atoms with Crippen LogP contribution in [0, 0.1) is 0 Å². The Morgan fingerprint density at radius 2 is 1.64 bits per heavy atom. The number of carbonyl (C=O) groups is 2. The van der Waals surface area contributed by atoms with E-state index in [0.717, 1.165) is 12.1 Å². The highest BCUT2D eigenvalue weighted by Gasteiger charge is 2.32. The van der Waals surface area contributed by atoms with Crippen molar-refractivity contribution in [1.29, 1.82) is 0 Å². The van der Waals surface area contributed by atoms with Crippen molar-refractivity contribution in [2.45, 2.75) is 13.0 Å². The number of piperazine rings is 1. The molecular weight excluding hydrogens is 374 g/mol. The molecule has 2 aromatic carbocycles. The van der Waals surface area contributed by atoms with Gasteiger partial charge in [-0.1, -0.05) is 54.9 Å². The Labute approximate surface area is 171 Å². The summed E-state index contributed by atoms with van der Waals surface area (Å²) in [4.78, 5) is 31.7. The zero-order valence-electron chi connectivity index (χ0n) is 16.3. The molecule has 0 bridgehead atoms. The molecule has 0 saturated carbocycles. The van der Waals surface area contributed by atoms with Gasteiger partial charge in [0.15, 0.2) is 0 Å². The van der Waals surface area contributed by atoms with Crippen molar-refractivity contribution in [2.75, 3.05) is 39.8 Å². The van der Waals surface area contributed by atoms with Crippen LogP contribution in [-0.2, 0) is 4.79 Å². The third-order valence-corrected chi connectivity index (χ3v) is 5.47. The van der Waals surface area contributed by atoms with Gasteiger partial charge in [-0.25, -0.2) is 0 Å². The van der Waals surface area contributed by atoms with Crippen LogP contribution >= 0.6 is 11.6 Å². The minimum atomic E-state index is -0.304. The first-order valence-electron chi connectivity index (χ1n) is 9.60. The van der Waals surface area contributed by atoms with Gasteiger partial charge in [-0.05, 0) is 37.4 Å². The number of hydrogen-bond acceptors (Lipinski definition) is 3. The first-order chi connectivity index (χ1) is 13.5. The number of amides is 2. The molecule has 0 N–H and O–H groups in total. The summed E-state index contributed by atoms with van der Waals surface area (Å²) in [6.45, 7) is 4.93. The van der Waals surface area contributed by atoms with Gasteiger partial charge in [0.1, 0.15) is 6.04 Å². The molecule has 1 unspecified atom stereocenters. The molecule has 0 spiro atoms. The zero-order chi connectivity index (χ0) is 20.1. The lowest BCUT2D eigenvalue weighted by atomic mass is 10.0. The van der Waals surface area contributed by atoms with Crippen LogP contribution in [0.5, 0.6) is 0 Å². The largest absolute Gasteiger partial charge is 0.337 e. The second-order valence-corrected chi connectivity index (χ2v) is 7.45. The average Bonchev–Trinajstić information content (AvgIpc) is 2.74. The molecule has 1 saturated heterocycles. The molecule has 0 aliphatic carbocycles. The molecule has 1 atom stereocenters. The van der Waals surface area contributed by atoms with Gasteiger partial charge in [-0.15, -0.1) is 0 Å². The molecule has 5 nitrogen and oxygen atoms in total. The van der Waals surface area contributed by atoms with E-state index < -0.39 is 0 Å². The number of nitrogens with zero attached hydrogens (tertiary/aromatic N) is 3. The van der Waals surface area contributed by atoms with Crippen molar-refractivity contribution >= 4 is 23.4 Å². The molecular formula is C22H26ClN3O2. The number of rotatable bonds is 5. The zero-order valence-corrected chi connectivity index (χ0v) is 17.1. The van der Waals surface area contributed by atoms with E-state index in [-0.39, 0.29) is 17.9 Å². The van der Waals surface area contributed by atoms with E-state index in [1.165, 1.54) is 0 Å². The van der Waals surface area contributed by atoms with E-state index in [9.17, 15) is 9.59 Å². The third-order valence-electron chi connectivity index (χ3n) is 5.24. The van der Waals surface area contributed by atoms with Crippen LogP contribution in [0.25, 0.3) is 0 Å². The lowest BCUT2D eigenvalue weighted by Crippen LogP contribution is -2.53. The SMILES string of the molecule is CCN(C)C(C(=O)N1CCN(C(=O)c2cccc(Cl)c2)CC1)c1ccccc1. The summed E-state index contributed by atoms with van der Waals surface area (Å²) in [6.07, 6.45) is 0. The molecule has 148 valence electrons.